The van der Waals surface area contributed by atoms with Crippen molar-refractivity contribution in [3.63, 3.8) is 0 Å². The second-order valence-corrected chi connectivity index (χ2v) is 8.86. The zero-order valence-corrected chi connectivity index (χ0v) is 17.8. The molecular weight excluding hydrogens is 395 g/mol. The van der Waals surface area contributed by atoms with E-state index in [1.807, 2.05) is 0 Å². The quantitative estimate of drug-likeness (QED) is 0.131. The summed E-state index contributed by atoms with van der Waals surface area (Å²) in [5.41, 5.74) is 0. The molecule has 27 heavy (non-hydrogen) atoms. The van der Waals surface area contributed by atoms with E-state index in [9.17, 15) is 25.2 Å². The van der Waals surface area contributed by atoms with E-state index in [-0.39, 0.29) is 6.61 Å². The van der Waals surface area contributed by atoms with E-state index in [4.69, 9.17) is 9.84 Å². The first kappa shape index (κ1) is 29.1. The molecule has 0 unspecified atom stereocenters. The van der Waals surface area contributed by atoms with E-state index < -0.39 is 7.81 Å². The molecule has 0 aromatic carbocycles. The second kappa shape index (κ2) is 12.5. The molecule has 0 heterocycles. The van der Waals surface area contributed by atoms with Crippen LogP contribution in [-0.4, -0.2) is 55.6 Å². The minimum atomic E-state index is -10.7. The van der Waals surface area contributed by atoms with E-state index >= 15 is 0 Å². The number of aliphatic hydroxyl groups excluding tert-OH is 1. The Kier molecular flexibility index (Phi) is 13.4. The first-order chi connectivity index (χ1) is 12.2. The van der Waals surface area contributed by atoms with Gasteiger partial charge in [-0.2, -0.15) is 0 Å². The molecule has 0 aliphatic carbocycles. The molecule has 0 saturated heterocycles. The van der Waals surface area contributed by atoms with Crippen LogP contribution in [0.15, 0.2) is 0 Å². The predicted octanol–water partition coefficient (Wildman–Crippen LogP) is 6.98. The second-order valence-electron chi connectivity index (χ2n) is 6.94. The molecule has 3 nitrogen and oxygen atoms in total. The van der Waals surface area contributed by atoms with Gasteiger partial charge in [-0.1, -0.05) is 40.0 Å². The number of quaternary nitrogens is 1. The summed E-state index contributed by atoms with van der Waals surface area (Å²) in [7, 11) is -10.7. The molecule has 0 radical (unpaired) electrons. The molecule has 0 aromatic rings. The predicted molar refractivity (Wildman–Crippen MR) is 101 cm³/mol. The fourth-order valence-corrected chi connectivity index (χ4v) is 3.10. The van der Waals surface area contributed by atoms with Crippen LogP contribution in [-0.2, 0) is 4.74 Å². The summed E-state index contributed by atoms with van der Waals surface area (Å²) in [6.45, 7) is 13.2. The Morgan fingerprint density at radius 3 is 1.56 bits per heavy atom. The number of unbranched alkanes of at least 4 members (excludes halogenated alkanes) is 4. The number of ether oxygens (including phenoxy) is 1. The molecule has 0 rings (SSSR count). The first-order valence-corrected chi connectivity index (χ1v) is 11.8. The molecule has 0 aliphatic rings. The van der Waals surface area contributed by atoms with Gasteiger partial charge >= 0.3 is 33.0 Å². The van der Waals surface area contributed by atoms with E-state index in [1.165, 1.54) is 69.1 Å². The fraction of sp³-hybridized carbons (Fsp3) is 1.00. The summed E-state index contributed by atoms with van der Waals surface area (Å²) in [6, 6.07) is 0. The van der Waals surface area contributed by atoms with Crippen LogP contribution in [0.2, 0.25) is 0 Å². The van der Waals surface area contributed by atoms with Gasteiger partial charge in [0.2, 0.25) is 0 Å². The topological polar surface area (TPSA) is 29.5 Å². The zero-order chi connectivity index (χ0) is 21.5. The van der Waals surface area contributed by atoms with Gasteiger partial charge in [-0.3, -0.25) is 0 Å². The SMILES string of the molecule is CCCCCCC[N+](CCC)(CCC)CCOCCO.F[P-](F)(F)(F)(F)F. The van der Waals surface area contributed by atoms with Crippen LogP contribution in [0.5, 0.6) is 0 Å². The summed E-state index contributed by atoms with van der Waals surface area (Å²) in [5, 5.41) is 8.80. The normalized spacial score (nSPS) is 14.9. The Morgan fingerprint density at radius 2 is 1.15 bits per heavy atom. The third kappa shape index (κ3) is 28.2. The number of rotatable bonds is 15. The van der Waals surface area contributed by atoms with Crippen LogP contribution in [0.1, 0.15) is 65.7 Å². The van der Waals surface area contributed by atoms with Crippen LogP contribution in [0.4, 0.5) is 25.2 Å². The molecule has 0 amide bonds. The fourth-order valence-electron chi connectivity index (χ4n) is 3.10. The van der Waals surface area contributed by atoms with Crippen molar-refractivity contribution in [3.05, 3.63) is 0 Å². The minimum absolute atomic E-state index is 0.137. The van der Waals surface area contributed by atoms with Crippen molar-refractivity contribution in [2.24, 2.45) is 0 Å². The number of hydrogen-bond acceptors (Lipinski definition) is 2. The van der Waals surface area contributed by atoms with Crippen molar-refractivity contribution in [2.75, 3.05) is 46.0 Å². The molecule has 0 bridgehead atoms. The van der Waals surface area contributed by atoms with Crippen LogP contribution in [0.3, 0.4) is 0 Å². The summed E-state index contributed by atoms with van der Waals surface area (Å²) < 4.78 is 65.9. The monoisotopic (exact) mass is 433 g/mol. The number of hydrogen-bond donors (Lipinski definition) is 1. The van der Waals surface area contributed by atoms with Crippen LogP contribution < -0.4 is 0 Å². The molecule has 0 aromatic heterocycles. The summed E-state index contributed by atoms with van der Waals surface area (Å²) in [6.07, 6.45) is 9.29. The van der Waals surface area contributed by atoms with Crippen LogP contribution in [0.25, 0.3) is 0 Å². The molecule has 0 fully saturated rings. The molecule has 10 heteroatoms. The van der Waals surface area contributed by atoms with Gasteiger partial charge in [0, 0.05) is 0 Å². The van der Waals surface area contributed by atoms with E-state index in [0.29, 0.717) is 6.61 Å². The molecule has 0 spiro atoms. The Bertz CT molecular complexity index is 347. The third-order valence-corrected chi connectivity index (χ3v) is 4.08. The summed E-state index contributed by atoms with van der Waals surface area (Å²) >= 11 is 0. The number of halogens is 6. The van der Waals surface area contributed by atoms with Gasteiger partial charge in [0.05, 0.1) is 39.5 Å². The average Bonchev–Trinajstić information content (AvgIpc) is 2.49. The zero-order valence-electron chi connectivity index (χ0n) is 16.9. The Hall–Kier alpha value is -0.110. The van der Waals surface area contributed by atoms with Gasteiger partial charge in [0.1, 0.15) is 6.54 Å². The molecular formula is C17H38F6NO2P. The van der Waals surface area contributed by atoms with Gasteiger partial charge in [-0.15, -0.1) is 0 Å². The number of aliphatic hydroxyl groups is 1. The molecule has 0 atom stereocenters. The van der Waals surface area contributed by atoms with E-state index in [2.05, 4.69) is 20.8 Å². The van der Waals surface area contributed by atoms with Gasteiger partial charge in [-0.25, -0.2) is 0 Å². The van der Waals surface area contributed by atoms with Gasteiger partial charge in [0.25, 0.3) is 0 Å². The van der Waals surface area contributed by atoms with Crippen molar-refractivity contribution < 1.29 is 39.5 Å². The van der Waals surface area contributed by atoms with E-state index in [0.717, 1.165) is 13.2 Å². The third-order valence-electron chi connectivity index (χ3n) is 4.08. The molecule has 170 valence electrons. The van der Waals surface area contributed by atoms with E-state index in [1.54, 1.807) is 0 Å². The Morgan fingerprint density at radius 1 is 0.667 bits per heavy atom. The van der Waals surface area contributed by atoms with Crippen molar-refractivity contribution in [1.29, 1.82) is 0 Å². The molecule has 0 saturated carbocycles. The molecule has 0 aliphatic heterocycles. The van der Waals surface area contributed by atoms with Gasteiger partial charge in [0.15, 0.2) is 0 Å². The summed E-state index contributed by atoms with van der Waals surface area (Å²) in [4.78, 5) is 0. The van der Waals surface area contributed by atoms with Crippen molar-refractivity contribution in [1.82, 2.24) is 0 Å². The Balaban J connectivity index is 0. The Labute approximate surface area is 159 Å². The van der Waals surface area contributed by atoms with Crippen molar-refractivity contribution >= 4 is 7.81 Å². The maximum atomic E-state index is 9.87. The van der Waals surface area contributed by atoms with Crippen LogP contribution in [0, 0.1) is 0 Å². The molecule has 1 N–H and O–H groups in total. The van der Waals surface area contributed by atoms with Crippen molar-refractivity contribution in [2.45, 2.75) is 65.7 Å². The average molecular weight is 433 g/mol. The number of nitrogens with zero attached hydrogens (tertiary/aromatic N) is 1. The van der Waals surface area contributed by atoms with Crippen LogP contribution >= 0.6 is 7.81 Å². The first-order valence-electron chi connectivity index (χ1n) is 9.79. The maximum absolute atomic E-state index is 10.7. The summed E-state index contributed by atoms with van der Waals surface area (Å²) in [5.74, 6) is 0. The van der Waals surface area contributed by atoms with Crippen molar-refractivity contribution in [3.8, 4) is 0 Å². The van der Waals surface area contributed by atoms with Gasteiger partial charge < -0.3 is 14.3 Å². The standard InChI is InChI=1S/C17H38NO2.F6P/c1-4-7-8-9-10-13-18(11-5-2,12-6-3)14-16-20-17-15-19;1-7(2,3,4,5)6/h19H,4-17H2,1-3H3;/q+1;-1. The van der Waals surface area contributed by atoms with Gasteiger partial charge in [-0.05, 0) is 25.7 Å².